The van der Waals surface area contributed by atoms with Gasteiger partial charge in [-0.2, -0.15) is 0 Å². The van der Waals surface area contributed by atoms with Gasteiger partial charge in [0.05, 0.1) is 6.54 Å². The third kappa shape index (κ3) is 3.50. The summed E-state index contributed by atoms with van der Waals surface area (Å²) in [7, 11) is 0. The Morgan fingerprint density at radius 2 is 2.33 bits per heavy atom. The number of furan rings is 1. The van der Waals surface area contributed by atoms with E-state index in [2.05, 4.69) is 27.3 Å². The molecule has 15 heavy (non-hydrogen) atoms. The molecule has 0 aliphatic heterocycles. The van der Waals surface area contributed by atoms with Crippen LogP contribution in [0.15, 0.2) is 32.9 Å². The first-order valence-corrected chi connectivity index (χ1v) is 6.27. The maximum absolute atomic E-state index is 5.40. The summed E-state index contributed by atoms with van der Waals surface area (Å²) in [5.41, 5.74) is 1.61. The maximum atomic E-state index is 5.40. The molecule has 1 aromatic heterocycles. The normalized spacial score (nSPS) is 15.7. The predicted octanol–water partition coefficient (Wildman–Crippen LogP) is 3.63. The lowest BCUT2D eigenvalue weighted by Crippen LogP contribution is -2.14. The predicted molar refractivity (Wildman–Crippen MR) is 64.7 cm³/mol. The number of rotatable bonds is 5. The van der Waals surface area contributed by atoms with E-state index in [-0.39, 0.29) is 0 Å². The molecule has 2 nitrogen and oxygen atoms in total. The zero-order valence-corrected chi connectivity index (χ0v) is 10.3. The Balaban J connectivity index is 1.62. The third-order valence-electron chi connectivity index (χ3n) is 2.69. The molecule has 0 saturated heterocycles. The minimum absolute atomic E-state index is 0.804. The van der Waals surface area contributed by atoms with E-state index >= 15 is 0 Å². The highest BCUT2D eigenvalue weighted by molar-refractivity contribution is 9.10. The van der Waals surface area contributed by atoms with Crippen LogP contribution in [-0.2, 0) is 6.54 Å². The molecule has 3 heteroatoms. The molecule has 0 fully saturated rings. The van der Waals surface area contributed by atoms with E-state index in [0.717, 1.165) is 23.5 Å². The fraction of sp³-hybridized carbons (Fsp3) is 0.500. The number of halogens is 1. The lowest BCUT2D eigenvalue weighted by atomic mass is 10.2. The van der Waals surface area contributed by atoms with E-state index in [4.69, 9.17) is 4.42 Å². The SMILES string of the molecule is Brc1ccc(CNCCC2=CCCC2)o1. The fourth-order valence-electron chi connectivity index (χ4n) is 1.87. The second-order valence-corrected chi connectivity index (χ2v) is 4.67. The second-order valence-electron chi connectivity index (χ2n) is 3.89. The topological polar surface area (TPSA) is 25.2 Å². The first-order chi connectivity index (χ1) is 7.34. The van der Waals surface area contributed by atoms with Gasteiger partial charge in [-0.15, -0.1) is 0 Å². The van der Waals surface area contributed by atoms with Crippen molar-refractivity contribution in [3.05, 3.63) is 34.2 Å². The van der Waals surface area contributed by atoms with Crippen molar-refractivity contribution in [1.29, 1.82) is 0 Å². The minimum atomic E-state index is 0.804. The van der Waals surface area contributed by atoms with Crippen molar-refractivity contribution in [3.8, 4) is 0 Å². The molecule has 0 bridgehead atoms. The van der Waals surface area contributed by atoms with Crippen LogP contribution in [0, 0.1) is 0 Å². The van der Waals surface area contributed by atoms with Crippen LogP contribution < -0.4 is 5.32 Å². The van der Waals surface area contributed by atoms with Gasteiger partial charge in [0, 0.05) is 0 Å². The van der Waals surface area contributed by atoms with Crippen molar-refractivity contribution in [2.45, 2.75) is 32.2 Å². The standard InChI is InChI=1S/C12H16BrNO/c13-12-6-5-11(15-12)9-14-8-7-10-3-1-2-4-10/h3,5-6,14H,1-2,4,7-9H2. The highest BCUT2D eigenvalue weighted by atomic mass is 79.9. The van der Waals surface area contributed by atoms with Crippen molar-refractivity contribution in [2.75, 3.05) is 6.54 Å². The van der Waals surface area contributed by atoms with E-state index in [9.17, 15) is 0 Å². The van der Waals surface area contributed by atoms with Gasteiger partial charge in [0.1, 0.15) is 5.76 Å². The molecule has 2 rings (SSSR count). The Morgan fingerprint density at radius 3 is 3.00 bits per heavy atom. The zero-order valence-electron chi connectivity index (χ0n) is 8.76. The molecule has 0 saturated carbocycles. The van der Waals surface area contributed by atoms with Crippen molar-refractivity contribution in [2.24, 2.45) is 0 Å². The van der Waals surface area contributed by atoms with Crippen molar-refractivity contribution in [1.82, 2.24) is 5.32 Å². The molecular weight excluding hydrogens is 254 g/mol. The monoisotopic (exact) mass is 269 g/mol. The van der Waals surface area contributed by atoms with E-state index in [1.165, 1.54) is 25.7 Å². The van der Waals surface area contributed by atoms with E-state index in [0.29, 0.717) is 0 Å². The van der Waals surface area contributed by atoms with Crippen LogP contribution in [-0.4, -0.2) is 6.54 Å². The van der Waals surface area contributed by atoms with Gasteiger partial charge in [-0.05, 0) is 60.3 Å². The quantitative estimate of drug-likeness (QED) is 0.652. The van der Waals surface area contributed by atoms with E-state index < -0.39 is 0 Å². The molecule has 0 atom stereocenters. The summed E-state index contributed by atoms with van der Waals surface area (Å²) in [6.45, 7) is 1.86. The zero-order chi connectivity index (χ0) is 10.5. The third-order valence-corrected chi connectivity index (χ3v) is 3.11. The molecular formula is C12H16BrNO. The Hall–Kier alpha value is -0.540. The van der Waals surface area contributed by atoms with Crippen LogP contribution >= 0.6 is 15.9 Å². The van der Waals surface area contributed by atoms with E-state index in [1.807, 2.05) is 12.1 Å². The molecule has 1 aliphatic rings. The summed E-state index contributed by atoms with van der Waals surface area (Å²) in [6, 6.07) is 3.92. The van der Waals surface area contributed by atoms with Gasteiger partial charge in [0.2, 0.25) is 0 Å². The van der Waals surface area contributed by atoms with Crippen LogP contribution in [0.1, 0.15) is 31.4 Å². The number of allylic oxidation sites excluding steroid dienone is 1. The lowest BCUT2D eigenvalue weighted by molar-refractivity contribution is 0.466. The smallest absolute Gasteiger partial charge is 0.169 e. The number of hydrogen-bond acceptors (Lipinski definition) is 2. The minimum Gasteiger partial charge on any atom is -0.453 e. The Kier molecular flexibility index (Phi) is 4.03. The molecule has 0 aromatic carbocycles. The molecule has 0 radical (unpaired) electrons. The Morgan fingerprint density at radius 1 is 1.40 bits per heavy atom. The maximum Gasteiger partial charge on any atom is 0.169 e. The van der Waals surface area contributed by atoms with Gasteiger partial charge >= 0.3 is 0 Å². The average molecular weight is 270 g/mol. The summed E-state index contributed by atoms with van der Waals surface area (Å²) in [6.07, 6.45) is 7.49. The molecule has 1 aliphatic carbocycles. The van der Waals surface area contributed by atoms with E-state index in [1.54, 1.807) is 5.57 Å². The van der Waals surface area contributed by atoms with Crippen LogP contribution in [0.3, 0.4) is 0 Å². The molecule has 1 heterocycles. The van der Waals surface area contributed by atoms with Crippen LogP contribution in [0.5, 0.6) is 0 Å². The van der Waals surface area contributed by atoms with Crippen LogP contribution in [0.25, 0.3) is 0 Å². The summed E-state index contributed by atoms with van der Waals surface area (Å²) >= 11 is 3.29. The molecule has 0 unspecified atom stereocenters. The summed E-state index contributed by atoms with van der Waals surface area (Å²) in [5.74, 6) is 0.988. The number of hydrogen-bond donors (Lipinski definition) is 1. The highest BCUT2D eigenvalue weighted by Gasteiger charge is 2.04. The van der Waals surface area contributed by atoms with Crippen molar-refractivity contribution in [3.63, 3.8) is 0 Å². The summed E-state index contributed by atoms with van der Waals surface area (Å²) < 4.78 is 6.20. The fourth-order valence-corrected chi connectivity index (χ4v) is 2.21. The summed E-state index contributed by atoms with van der Waals surface area (Å²) in [5, 5.41) is 3.39. The van der Waals surface area contributed by atoms with Crippen molar-refractivity contribution >= 4 is 15.9 Å². The lowest BCUT2D eigenvalue weighted by Gasteiger charge is -2.03. The first kappa shape index (κ1) is 11.0. The molecule has 82 valence electrons. The molecule has 1 N–H and O–H groups in total. The highest BCUT2D eigenvalue weighted by Crippen LogP contribution is 2.19. The molecule has 0 spiro atoms. The molecule has 0 amide bonds. The van der Waals surface area contributed by atoms with Gasteiger partial charge in [0.15, 0.2) is 4.67 Å². The van der Waals surface area contributed by atoms with Crippen molar-refractivity contribution < 1.29 is 4.42 Å². The number of nitrogens with one attached hydrogen (secondary N) is 1. The van der Waals surface area contributed by atoms with Gasteiger partial charge in [-0.3, -0.25) is 0 Å². The summed E-state index contributed by atoms with van der Waals surface area (Å²) in [4.78, 5) is 0. The Bertz CT molecular complexity index is 343. The Labute approximate surface area is 98.9 Å². The van der Waals surface area contributed by atoms with Gasteiger partial charge in [0.25, 0.3) is 0 Å². The second kappa shape index (κ2) is 5.52. The van der Waals surface area contributed by atoms with Crippen LogP contribution in [0.4, 0.5) is 0 Å². The largest absolute Gasteiger partial charge is 0.453 e. The molecule has 1 aromatic rings. The van der Waals surface area contributed by atoms with Gasteiger partial charge < -0.3 is 9.73 Å². The average Bonchev–Trinajstić information content (AvgIpc) is 2.84. The van der Waals surface area contributed by atoms with Gasteiger partial charge in [-0.25, -0.2) is 0 Å². The van der Waals surface area contributed by atoms with Crippen LogP contribution in [0.2, 0.25) is 0 Å². The first-order valence-electron chi connectivity index (χ1n) is 5.47. The van der Waals surface area contributed by atoms with Gasteiger partial charge in [-0.1, -0.05) is 11.6 Å².